The van der Waals surface area contributed by atoms with Gasteiger partial charge in [0.05, 0.1) is 10.5 Å². The number of carbonyl (C=O) groups excluding carboxylic acids is 1. The van der Waals surface area contributed by atoms with Crippen LogP contribution in [0, 0.1) is 17.0 Å². The van der Waals surface area contributed by atoms with Gasteiger partial charge in [-0.2, -0.15) is 26.3 Å². The second kappa shape index (κ2) is 8.50. The Morgan fingerprint density at radius 3 is 2.22 bits per heavy atom. The average Bonchev–Trinajstić information content (AvgIpc) is 3.16. The fraction of sp³-hybridized carbons (Fsp3) is 0.261. The first-order chi connectivity index (χ1) is 16.7. The van der Waals surface area contributed by atoms with Gasteiger partial charge in [-0.05, 0) is 32.0 Å². The van der Waals surface area contributed by atoms with Gasteiger partial charge in [-0.3, -0.25) is 10.1 Å². The van der Waals surface area contributed by atoms with E-state index in [0.717, 1.165) is 42.5 Å². The molecule has 0 fully saturated rings. The highest BCUT2D eigenvalue weighted by Crippen LogP contribution is 2.64. The van der Waals surface area contributed by atoms with Crippen molar-refractivity contribution in [1.29, 1.82) is 0 Å². The molecular formula is C23H15F6NO5S. The molecule has 1 atom stereocenters. The third kappa shape index (κ3) is 3.77. The van der Waals surface area contributed by atoms with E-state index in [1.54, 1.807) is 6.07 Å². The highest BCUT2D eigenvalue weighted by atomic mass is 32.1. The molecule has 0 saturated heterocycles. The van der Waals surface area contributed by atoms with E-state index in [9.17, 15) is 32.5 Å². The molecule has 0 amide bonds. The Morgan fingerprint density at radius 2 is 1.61 bits per heavy atom. The molecule has 36 heavy (non-hydrogen) atoms. The number of nitrogens with zero attached hydrogens (tertiary/aromatic N) is 1. The fourth-order valence-corrected chi connectivity index (χ4v) is 5.11. The summed E-state index contributed by atoms with van der Waals surface area (Å²) in [6.45, 7) is 2.09. The zero-order valence-electron chi connectivity index (χ0n) is 18.4. The van der Waals surface area contributed by atoms with Gasteiger partial charge in [-0.25, -0.2) is 4.79 Å². The Balaban J connectivity index is 1.76. The molecule has 2 aromatic carbocycles. The Bertz CT molecular complexity index is 1400. The fourth-order valence-electron chi connectivity index (χ4n) is 4.04. The van der Waals surface area contributed by atoms with Crippen LogP contribution in [0.2, 0.25) is 0 Å². The molecule has 3 aromatic rings. The molecule has 0 N–H and O–H groups in total. The van der Waals surface area contributed by atoms with Crippen molar-refractivity contribution in [3.63, 3.8) is 0 Å². The van der Waals surface area contributed by atoms with E-state index in [0.29, 0.717) is 4.70 Å². The van der Waals surface area contributed by atoms with E-state index in [-0.39, 0.29) is 21.7 Å². The van der Waals surface area contributed by atoms with Crippen molar-refractivity contribution in [2.24, 2.45) is 0 Å². The summed E-state index contributed by atoms with van der Waals surface area (Å²) in [5.41, 5.74) is -4.17. The van der Waals surface area contributed by atoms with Crippen molar-refractivity contribution < 1.29 is 45.5 Å². The van der Waals surface area contributed by atoms with Crippen molar-refractivity contribution >= 4 is 38.8 Å². The van der Waals surface area contributed by atoms with Crippen molar-refractivity contribution in [2.45, 2.75) is 37.7 Å². The van der Waals surface area contributed by atoms with Crippen molar-refractivity contribution in [2.75, 3.05) is 0 Å². The van der Waals surface area contributed by atoms with Crippen LogP contribution in [-0.4, -0.2) is 35.0 Å². The summed E-state index contributed by atoms with van der Waals surface area (Å²) < 4.78 is 98.8. The molecule has 0 unspecified atom stereocenters. The minimum absolute atomic E-state index is 0.0707. The maximum Gasteiger partial charge on any atom is 0.514 e. The van der Waals surface area contributed by atoms with Crippen LogP contribution < -0.4 is 4.74 Å². The second-order valence-electron chi connectivity index (χ2n) is 7.90. The minimum Gasteiger partial charge on any atom is -0.426 e. The maximum atomic E-state index is 15.0. The Labute approximate surface area is 202 Å². The molecule has 0 saturated carbocycles. The number of hydrogen-bond donors (Lipinski definition) is 0. The van der Waals surface area contributed by atoms with Crippen molar-refractivity contribution in [3.05, 3.63) is 74.7 Å². The molecule has 0 spiro atoms. The summed E-state index contributed by atoms with van der Waals surface area (Å²) in [4.78, 5) is 22.3. The molecule has 1 aromatic heterocycles. The third-order valence-corrected chi connectivity index (χ3v) is 6.75. The number of alkyl halides is 6. The lowest BCUT2D eigenvalue weighted by Gasteiger charge is -2.26. The van der Waals surface area contributed by atoms with Crippen LogP contribution in [0.5, 0.6) is 5.75 Å². The molecule has 0 radical (unpaired) electrons. The van der Waals surface area contributed by atoms with Gasteiger partial charge in [0.1, 0.15) is 11.9 Å². The summed E-state index contributed by atoms with van der Waals surface area (Å²) in [6, 6.07) is 9.85. The van der Waals surface area contributed by atoms with Crippen LogP contribution in [0.4, 0.5) is 36.8 Å². The summed E-state index contributed by atoms with van der Waals surface area (Å²) in [7, 11) is 0. The first kappa shape index (κ1) is 25.5. The smallest absolute Gasteiger partial charge is 0.426 e. The van der Waals surface area contributed by atoms with E-state index >= 15 is 8.78 Å². The van der Waals surface area contributed by atoms with E-state index < -0.39 is 51.7 Å². The SMILES string of the molecule is Cc1sc2ccccc2c1C1=C([C@H](C)OC(=O)Oc2ccc([N+](=O)[O-])cc2)C(F)(F)C(F)(F)C1(F)F. The molecule has 190 valence electrons. The van der Waals surface area contributed by atoms with E-state index in [1.807, 2.05) is 0 Å². The number of allylic oxidation sites excluding steroid dienone is 1. The lowest BCUT2D eigenvalue weighted by atomic mass is 9.94. The number of fused-ring (bicyclic) bond motifs is 1. The number of non-ortho nitro benzene ring substituents is 1. The Hall–Kier alpha value is -3.61. The van der Waals surface area contributed by atoms with Gasteiger partial charge in [0.15, 0.2) is 0 Å². The maximum absolute atomic E-state index is 15.0. The van der Waals surface area contributed by atoms with Crippen molar-refractivity contribution in [1.82, 2.24) is 0 Å². The number of nitro benzene ring substituents is 1. The van der Waals surface area contributed by atoms with Crippen LogP contribution in [0.3, 0.4) is 0 Å². The number of thiophene rings is 1. The number of carbonyl (C=O) groups is 1. The lowest BCUT2D eigenvalue weighted by Crippen LogP contribution is -2.50. The van der Waals surface area contributed by atoms with Gasteiger partial charge in [0.2, 0.25) is 0 Å². The minimum atomic E-state index is -5.81. The standard InChI is InChI=1S/C23H15F6NO5S/c1-11(34-20(31)35-14-9-7-13(8-10-14)30(32)33)18-19(22(26,27)23(28,29)21(18,24)25)17-12(2)36-16-6-4-3-5-15(16)17/h3-11H,1-2H3/t11-/m0/s1. The van der Waals surface area contributed by atoms with Crippen LogP contribution in [0.15, 0.2) is 54.1 Å². The molecule has 6 nitrogen and oxygen atoms in total. The third-order valence-electron chi connectivity index (χ3n) is 5.66. The number of rotatable bonds is 5. The monoisotopic (exact) mass is 531 g/mol. The highest BCUT2D eigenvalue weighted by molar-refractivity contribution is 7.19. The van der Waals surface area contributed by atoms with Gasteiger partial charge in [0.25, 0.3) is 5.69 Å². The summed E-state index contributed by atoms with van der Waals surface area (Å²) in [6.07, 6.45) is -3.91. The second-order valence-corrected chi connectivity index (χ2v) is 9.16. The Morgan fingerprint density at radius 1 is 1.00 bits per heavy atom. The number of nitro groups is 1. The molecule has 1 aliphatic carbocycles. The Kier molecular flexibility index (Phi) is 6.02. The summed E-state index contributed by atoms with van der Waals surface area (Å²) in [5.74, 6) is -16.8. The largest absolute Gasteiger partial charge is 0.514 e. The summed E-state index contributed by atoms with van der Waals surface area (Å²) >= 11 is 0.962. The van der Waals surface area contributed by atoms with E-state index in [4.69, 9.17) is 9.47 Å². The first-order valence-corrected chi connectivity index (χ1v) is 11.0. The number of aryl methyl sites for hydroxylation is 1. The van der Waals surface area contributed by atoms with E-state index in [2.05, 4.69) is 0 Å². The topological polar surface area (TPSA) is 78.7 Å². The molecule has 0 aliphatic heterocycles. The summed E-state index contributed by atoms with van der Waals surface area (Å²) in [5, 5.41) is 10.8. The molecule has 1 aliphatic rings. The molecule has 13 heteroatoms. The number of hydrogen-bond acceptors (Lipinski definition) is 6. The molecule has 1 heterocycles. The van der Waals surface area contributed by atoms with Crippen LogP contribution in [-0.2, 0) is 4.74 Å². The lowest BCUT2D eigenvalue weighted by molar-refractivity contribution is -0.384. The molecular weight excluding hydrogens is 516 g/mol. The predicted octanol–water partition coefficient (Wildman–Crippen LogP) is 7.40. The highest BCUT2D eigenvalue weighted by Gasteiger charge is 2.81. The number of halogens is 6. The predicted molar refractivity (Wildman–Crippen MR) is 118 cm³/mol. The zero-order valence-corrected chi connectivity index (χ0v) is 19.2. The molecule has 4 rings (SSSR count). The molecule has 0 bridgehead atoms. The van der Waals surface area contributed by atoms with Gasteiger partial charge in [-0.1, -0.05) is 18.2 Å². The van der Waals surface area contributed by atoms with Crippen LogP contribution >= 0.6 is 11.3 Å². The van der Waals surface area contributed by atoms with E-state index in [1.165, 1.54) is 25.1 Å². The normalized spacial score (nSPS) is 18.8. The van der Waals surface area contributed by atoms with Crippen molar-refractivity contribution in [3.8, 4) is 5.75 Å². The van der Waals surface area contributed by atoms with Gasteiger partial charge in [0, 0.05) is 38.2 Å². The van der Waals surface area contributed by atoms with Gasteiger partial charge in [-0.15, -0.1) is 11.3 Å². The first-order valence-electron chi connectivity index (χ1n) is 10.2. The number of ether oxygens (including phenoxy) is 2. The zero-order chi connectivity index (χ0) is 26.6. The van der Waals surface area contributed by atoms with Crippen LogP contribution in [0.1, 0.15) is 17.4 Å². The number of benzene rings is 2. The quantitative estimate of drug-likeness (QED) is 0.113. The van der Waals surface area contributed by atoms with Gasteiger partial charge < -0.3 is 9.47 Å². The van der Waals surface area contributed by atoms with Crippen LogP contribution in [0.25, 0.3) is 15.7 Å². The average molecular weight is 531 g/mol. The van der Waals surface area contributed by atoms with Gasteiger partial charge >= 0.3 is 23.9 Å².